The van der Waals surface area contributed by atoms with Gasteiger partial charge in [-0.2, -0.15) is 0 Å². The molecule has 0 radical (unpaired) electrons. The van der Waals surface area contributed by atoms with E-state index in [1.807, 2.05) is 6.08 Å². The molecule has 5 heteroatoms. The van der Waals surface area contributed by atoms with Gasteiger partial charge in [0.25, 0.3) is 0 Å². The van der Waals surface area contributed by atoms with Crippen LogP contribution in [0, 0.1) is 0 Å². The van der Waals surface area contributed by atoms with E-state index in [2.05, 4.69) is 16.9 Å². The SMILES string of the molecule is C=CCCOCCNc1nc(Cl)cs1. The molecule has 0 atom stereocenters. The van der Waals surface area contributed by atoms with Crippen LogP contribution in [0.5, 0.6) is 0 Å². The van der Waals surface area contributed by atoms with Crippen LogP contribution in [0.2, 0.25) is 5.15 Å². The lowest BCUT2D eigenvalue weighted by atomic mass is 10.5. The molecule has 0 saturated carbocycles. The maximum atomic E-state index is 5.66. The standard InChI is InChI=1S/C9H13ClN2OS/c1-2-3-5-13-6-4-11-9-12-8(10)7-14-9/h2,7H,1,3-6H2,(H,11,12). The number of ether oxygens (including phenoxy) is 1. The molecule has 0 spiro atoms. The van der Waals surface area contributed by atoms with Gasteiger partial charge >= 0.3 is 0 Å². The number of rotatable bonds is 7. The van der Waals surface area contributed by atoms with Gasteiger partial charge in [-0.1, -0.05) is 17.7 Å². The molecule has 14 heavy (non-hydrogen) atoms. The van der Waals surface area contributed by atoms with E-state index < -0.39 is 0 Å². The molecule has 0 saturated heterocycles. The third kappa shape index (κ3) is 4.60. The molecule has 0 amide bonds. The predicted molar refractivity (Wildman–Crippen MR) is 61.2 cm³/mol. The zero-order valence-corrected chi connectivity index (χ0v) is 9.40. The molecule has 0 aliphatic rings. The molecule has 0 bridgehead atoms. The Bertz CT molecular complexity index is 278. The number of aromatic nitrogens is 1. The molecule has 1 aromatic heterocycles. The predicted octanol–water partition coefficient (Wildman–Crippen LogP) is 2.80. The normalized spacial score (nSPS) is 10.1. The average molecular weight is 233 g/mol. The van der Waals surface area contributed by atoms with Crippen molar-refractivity contribution in [1.82, 2.24) is 4.98 Å². The summed E-state index contributed by atoms with van der Waals surface area (Å²) >= 11 is 7.15. The van der Waals surface area contributed by atoms with Gasteiger partial charge in [-0.3, -0.25) is 0 Å². The smallest absolute Gasteiger partial charge is 0.184 e. The quantitative estimate of drug-likeness (QED) is 0.580. The van der Waals surface area contributed by atoms with Gasteiger partial charge in [0.15, 0.2) is 5.13 Å². The number of halogens is 1. The highest BCUT2D eigenvalue weighted by molar-refractivity contribution is 7.14. The zero-order chi connectivity index (χ0) is 10.2. The number of hydrogen-bond donors (Lipinski definition) is 1. The van der Waals surface area contributed by atoms with Gasteiger partial charge in [0, 0.05) is 11.9 Å². The Hall–Kier alpha value is -0.580. The molecule has 0 aromatic carbocycles. The van der Waals surface area contributed by atoms with Crippen LogP contribution in [0.25, 0.3) is 0 Å². The fraction of sp³-hybridized carbons (Fsp3) is 0.444. The summed E-state index contributed by atoms with van der Waals surface area (Å²) in [5.74, 6) is 0. The maximum absolute atomic E-state index is 5.66. The first-order chi connectivity index (χ1) is 6.83. The summed E-state index contributed by atoms with van der Waals surface area (Å²) in [5, 5.41) is 6.28. The van der Waals surface area contributed by atoms with Crippen molar-refractivity contribution in [2.45, 2.75) is 6.42 Å². The highest BCUT2D eigenvalue weighted by Gasteiger charge is 1.97. The summed E-state index contributed by atoms with van der Waals surface area (Å²) in [6.07, 6.45) is 2.73. The average Bonchev–Trinajstić information content (AvgIpc) is 2.58. The maximum Gasteiger partial charge on any atom is 0.184 e. The minimum Gasteiger partial charge on any atom is -0.379 e. The molecular formula is C9H13ClN2OS. The Labute approximate surface area is 92.8 Å². The summed E-state index contributed by atoms with van der Waals surface area (Å²) in [5.41, 5.74) is 0. The van der Waals surface area contributed by atoms with Crippen molar-refractivity contribution in [2.75, 3.05) is 25.1 Å². The Kier molecular flexibility index (Phi) is 5.59. The number of nitrogens with one attached hydrogen (secondary N) is 1. The number of nitrogens with zero attached hydrogens (tertiary/aromatic N) is 1. The Balaban J connectivity index is 2.01. The summed E-state index contributed by atoms with van der Waals surface area (Å²) in [6.45, 7) is 5.76. The monoisotopic (exact) mass is 232 g/mol. The van der Waals surface area contributed by atoms with Crippen molar-refractivity contribution < 1.29 is 4.74 Å². The van der Waals surface area contributed by atoms with Crippen LogP contribution in [0.15, 0.2) is 18.0 Å². The molecule has 0 fully saturated rings. The van der Waals surface area contributed by atoms with Gasteiger partial charge in [0.1, 0.15) is 5.15 Å². The minimum atomic E-state index is 0.532. The first-order valence-corrected chi connectivity index (χ1v) is 5.62. The molecule has 0 aliphatic heterocycles. The second kappa shape index (κ2) is 6.81. The molecule has 3 nitrogen and oxygen atoms in total. The van der Waals surface area contributed by atoms with Gasteiger partial charge < -0.3 is 10.1 Å². The lowest BCUT2D eigenvalue weighted by Gasteiger charge is -2.02. The lowest BCUT2D eigenvalue weighted by molar-refractivity contribution is 0.149. The van der Waals surface area contributed by atoms with Crippen LogP contribution in [-0.4, -0.2) is 24.7 Å². The highest BCUT2D eigenvalue weighted by Crippen LogP contribution is 2.18. The van der Waals surface area contributed by atoms with E-state index >= 15 is 0 Å². The van der Waals surface area contributed by atoms with Crippen LogP contribution < -0.4 is 5.32 Å². The number of anilines is 1. The minimum absolute atomic E-state index is 0.532. The van der Waals surface area contributed by atoms with E-state index in [9.17, 15) is 0 Å². The summed E-state index contributed by atoms with van der Waals surface area (Å²) < 4.78 is 5.31. The zero-order valence-electron chi connectivity index (χ0n) is 7.83. The van der Waals surface area contributed by atoms with Crippen molar-refractivity contribution in [3.8, 4) is 0 Å². The fourth-order valence-electron chi connectivity index (χ4n) is 0.834. The molecule has 1 heterocycles. The first kappa shape index (κ1) is 11.5. The first-order valence-electron chi connectivity index (χ1n) is 4.36. The third-order valence-corrected chi connectivity index (χ3v) is 2.59. The molecule has 78 valence electrons. The van der Waals surface area contributed by atoms with Crippen LogP contribution >= 0.6 is 22.9 Å². The fourth-order valence-corrected chi connectivity index (χ4v) is 1.70. The molecule has 0 aliphatic carbocycles. The summed E-state index contributed by atoms with van der Waals surface area (Å²) in [6, 6.07) is 0. The van der Waals surface area contributed by atoms with Crippen molar-refractivity contribution in [2.24, 2.45) is 0 Å². The van der Waals surface area contributed by atoms with E-state index in [1.54, 1.807) is 5.38 Å². The van der Waals surface area contributed by atoms with Crippen LogP contribution in [0.3, 0.4) is 0 Å². The third-order valence-electron chi connectivity index (χ3n) is 1.47. The molecule has 1 aromatic rings. The van der Waals surface area contributed by atoms with Crippen LogP contribution in [0.1, 0.15) is 6.42 Å². The Morgan fingerprint density at radius 2 is 2.50 bits per heavy atom. The summed E-state index contributed by atoms with van der Waals surface area (Å²) in [4.78, 5) is 4.05. The molecule has 1 rings (SSSR count). The topological polar surface area (TPSA) is 34.1 Å². The van der Waals surface area contributed by atoms with Crippen molar-refractivity contribution in [3.63, 3.8) is 0 Å². The van der Waals surface area contributed by atoms with Crippen molar-refractivity contribution in [1.29, 1.82) is 0 Å². The van der Waals surface area contributed by atoms with Gasteiger partial charge in [0.2, 0.25) is 0 Å². The Morgan fingerprint density at radius 1 is 1.64 bits per heavy atom. The largest absolute Gasteiger partial charge is 0.379 e. The van der Waals surface area contributed by atoms with E-state index in [4.69, 9.17) is 16.3 Å². The van der Waals surface area contributed by atoms with Gasteiger partial charge in [-0.25, -0.2) is 4.98 Å². The van der Waals surface area contributed by atoms with Gasteiger partial charge in [-0.05, 0) is 6.42 Å². The highest BCUT2D eigenvalue weighted by atomic mass is 35.5. The molecule has 0 unspecified atom stereocenters. The molecular weight excluding hydrogens is 220 g/mol. The lowest BCUT2D eigenvalue weighted by Crippen LogP contribution is -2.09. The second-order valence-corrected chi connectivity index (χ2v) is 3.84. The summed E-state index contributed by atoms with van der Waals surface area (Å²) in [7, 11) is 0. The van der Waals surface area contributed by atoms with Crippen LogP contribution in [0.4, 0.5) is 5.13 Å². The van der Waals surface area contributed by atoms with E-state index in [-0.39, 0.29) is 0 Å². The van der Waals surface area contributed by atoms with Crippen molar-refractivity contribution in [3.05, 3.63) is 23.2 Å². The van der Waals surface area contributed by atoms with E-state index in [0.717, 1.165) is 24.7 Å². The molecule has 1 N–H and O–H groups in total. The van der Waals surface area contributed by atoms with Gasteiger partial charge in [-0.15, -0.1) is 17.9 Å². The van der Waals surface area contributed by atoms with E-state index in [0.29, 0.717) is 11.8 Å². The van der Waals surface area contributed by atoms with Gasteiger partial charge in [0.05, 0.1) is 13.2 Å². The second-order valence-electron chi connectivity index (χ2n) is 2.59. The number of hydrogen-bond acceptors (Lipinski definition) is 4. The Morgan fingerprint density at radius 3 is 3.14 bits per heavy atom. The van der Waals surface area contributed by atoms with Crippen LogP contribution in [-0.2, 0) is 4.74 Å². The number of thiazole rings is 1. The van der Waals surface area contributed by atoms with E-state index in [1.165, 1.54) is 11.3 Å². The van der Waals surface area contributed by atoms with Crippen molar-refractivity contribution >= 4 is 28.1 Å².